The van der Waals surface area contributed by atoms with Crippen molar-refractivity contribution >= 4 is 23.9 Å². The standard InChI is InChI=1S/C44H64N2O10/c1-6-8-12-22-43(23-13-9-7-2)54-36-34-25-44(41(50)45-31(27-47)19-21-35(48)53-42(3,4)5)38(40(49)52-34)46(56-39(44)37(36)55-43)26-30-15-11-10-14-29(30)18-16-28-17-20-32-33(24-28)51-32/h10-11,14-16,18,28,31-34,36-39,47H,6-9,12-13,17,19-27H2,1-5H3,(H,45,50). The van der Waals surface area contributed by atoms with Crippen LogP contribution in [-0.2, 0) is 49.5 Å². The van der Waals surface area contributed by atoms with Crippen LogP contribution in [0.5, 0.6) is 0 Å². The van der Waals surface area contributed by atoms with Gasteiger partial charge in [-0.25, -0.2) is 0 Å². The summed E-state index contributed by atoms with van der Waals surface area (Å²) in [6.45, 7) is 9.56. The third-order valence-electron chi connectivity index (χ3n) is 12.6. The number of aliphatic hydroxyl groups is 1. The van der Waals surface area contributed by atoms with E-state index in [1.165, 1.54) is 0 Å². The van der Waals surface area contributed by atoms with E-state index in [1.807, 2.05) is 18.2 Å². The zero-order chi connectivity index (χ0) is 39.7. The molecular formula is C44H64N2O10. The molecule has 2 aliphatic carbocycles. The molecule has 10 unspecified atom stereocenters. The first-order chi connectivity index (χ1) is 26.9. The number of carbonyl (C=O) groups excluding carboxylic acids is 3. The summed E-state index contributed by atoms with van der Waals surface area (Å²) in [5.74, 6) is -1.83. The van der Waals surface area contributed by atoms with Crippen molar-refractivity contribution in [3.63, 3.8) is 0 Å². The van der Waals surface area contributed by atoms with E-state index in [-0.39, 0.29) is 25.8 Å². The Hall–Kier alpha value is -2.87. The number of esters is 2. The maximum atomic E-state index is 15.0. The van der Waals surface area contributed by atoms with Crippen molar-refractivity contribution in [3.8, 4) is 0 Å². The molecule has 6 fully saturated rings. The van der Waals surface area contributed by atoms with E-state index in [1.54, 1.807) is 25.8 Å². The van der Waals surface area contributed by atoms with Gasteiger partial charge in [0.2, 0.25) is 5.91 Å². The molecule has 6 aliphatic rings. The number of fused-ring (bicyclic) bond motifs is 5. The normalized spacial score (nSPS) is 33.4. The van der Waals surface area contributed by atoms with Gasteiger partial charge in [-0.15, -0.1) is 0 Å². The van der Waals surface area contributed by atoms with Gasteiger partial charge in [0.15, 0.2) is 11.8 Å². The molecule has 0 spiro atoms. The molecule has 2 N–H and O–H groups in total. The number of unbranched alkanes of at least 4 members (excludes halogenated alkanes) is 4. The van der Waals surface area contributed by atoms with Crippen molar-refractivity contribution in [2.24, 2.45) is 11.3 Å². The van der Waals surface area contributed by atoms with Crippen molar-refractivity contribution in [3.05, 3.63) is 41.5 Å². The first-order valence-electron chi connectivity index (χ1n) is 21.4. The topological polar surface area (TPSA) is 145 Å². The van der Waals surface area contributed by atoms with E-state index in [0.717, 1.165) is 68.9 Å². The maximum Gasteiger partial charge on any atom is 0.327 e. The highest BCUT2D eigenvalue weighted by Gasteiger charge is 2.76. The molecule has 4 aliphatic heterocycles. The number of nitrogens with one attached hydrogen (secondary N) is 1. The number of ether oxygens (including phenoxy) is 5. The SMILES string of the molecule is CCCCCC1(CCCCC)OC2C3CC4(C(=O)NC(CO)CCC(=O)OC(C)(C)C)C(ON(Cc5ccccc5C=CC5CCC6OC6C5)C4C(=O)O3)C2O1. The molecule has 56 heavy (non-hydrogen) atoms. The molecule has 10 atom stereocenters. The van der Waals surface area contributed by atoms with Crippen LogP contribution in [0.1, 0.15) is 136 Å². The molecule has 0 radical (unpaired) electrons. The lowest BCUT2D eigenvalue weighted by Gasteiger charge is -2.49. The van der Waals surface area contributed by atoms with E-state index in [2.05, 4.69) is 37.4 Å². The monoisotopic (exact) mass is 780 g/mol. The number of aliphatic hydroxyl groups excluding tert-OH is 1. The molecule has 12 nitrogen and oxygen atoms in total. The minimum atomic E-state index is -1.40. The Balaban J connectivity index is 1.18. The van der Waals surface area contributed by atoms with Crippen molar-refractivity contribution in [2.45, 2.75) is 191 Å². The number of rotatable bonds is 18. The highest BCUT2D eigenvalue weighted by Crippen LogP contribution is 2.58. The van der Waals surface area contributed by atoms with Gasteiger partial charge in [-0.05, 0) is 76.3 Å². The lowest BCUT2D eigenvalue weighted by molar-refractivity contribution is -0.224. The molecule has 1 aromatic rings. The first kappa shape index (κ1) is 41.3. The molecule has 12 heteroatoms. The number of benzene rings is 1. The molecule has 7 rings (SSSR count). The van der Waals surface area contributed by atoms with E-state index >= 15 is 0 Å². The first-order valence-corrected chi connectivity index (χ1v) is 21.4. The van der Waals surface area contributed by atoms with E-state index in [9.17, 15) is 19.5 Å². The fourth-order valence-electron chi connectivity index (χ4n) is 9.77. The maximum absolute atomic E-state index is 15.0. The second-order valence-corrected chi connectivity index (χ2v) is 18.0. The zero-order valence-electron chi connectivity index (χ0n) is 34.0. The molecule has 2 saturated carbocycles. The molecule has 310 valence electrons. The van der Waals surface area contributed by atoms with Crippen LogP contribution in [0, 0.1) is 11.3 Å². The number of hydroxylamine groups is 2. The highest BCUT2D eigenvalue weighted by molar-refractivity contribution is 5.93. The van der Waals surface area contributed by atoms with Gasteiger partial charge in [0.05, 0.1) is 31.4 Å². The zero-order valence-corrected chi connectivity index (χ0v) is 34.0. The average Bonchev–Trinajstić information content (AvgIpc) is 3.70. The largest absolute Gasteiger partial charge is 0.460 e. The number of hydrogen-bond acceptors (Lipinski definition) is 11. The van der Waals surface area contributed by atoms with Gasteiger partial charge in [-0.1, -0.05) is 75.9 Å². The molecule has 0 aromatic heterocycles. The fraction of sp³-hybridized carbons (Fsp3) is 0.750. The molecule has 4 heterocycles. The van der Waals surface area contributed by atoms with Gasteiger partial charge in [0, 0.05) is 25.7 Å². The van der Waals surface area contributed by atoms with E-state index in [4.69, 9.17) is 28.5 Å². The molecule has 1 amide bonds. The van der Waals surface area contributed by atoms with Crippen LogP contribution in [0.25, 0.3) is 6.08 Å². The fourth-order valence-corrected chi connectivity index (χ4v) is 9.77. The summed E-state index contributed by atoms with van der Waals surface area (Å²) in [5.41, 5.74) is -0.101. The molecule has 1 aromatic carbocycles. The Morgan fingerprint density at radius 2 is 1.75 bits per heavy atom. The van der Waals surface area contributed by atoms with Gasteiger partial charge in [0.25, 0.3) is 0 Å². The van der Waals surface area contributed by atoms with Crippen LogP contribution in [0.15, 0.2) is 30.3 Å². The quantitative estimate of drug-likeness (QED) is 0.0983. The molecular weight excluding hydrogens is 716 g/mol. The third kappa shape index (κ3) is 8.76. The Bertz CT molecular complexity index is 1580. The number of nitrogens with zero attached hydrogens (tertiary/aromatic N) is 1. The summed E-state index contributed by atoms with van der Waals surface area (Å²) < 4.78 is 31.4. The summed E-state index contributed by atoms with van der Waals surface area (Å²) in [6, 6.07) is 6.23. The van der Waals surface area contributed by atoms with Crippen molar-refractivity contribution in [1.29, 1.82) is 0 Å². The van der Waals surface area contributed by atoms with Gasteiger partial charge < -0.3 is 34.1 Å². The second kappa shape index (κ2) is 17.2. The number of amides is 1. The van der Waals surface area contributed by atoms with Gasteiger partial charge in [-0.3, -0.25) is 19.2 Å². The molecule has 4 saturated heterocycles. The van der Waals surface area contributed by atoms with Crippen LogP contribution in [0.4, 0.5) is 0 Å². The van der Waals surface area contributed by atoms with Gasteiger partial charge >= 0.3 is 11.9 Å². The Morgan fingerprint density at radius 1 is 1.02 bits per heavy atom. The number of epoxide rings is 1. The summed E-state index contributed by atoms with van der Waals surface area (Å²) in [6.07, 6.45) is 13.4. The summed E-state index contributed by atoms with van der Waals surface area (Å²) in [4.78, 5) is 48.8. The molecule has 2 bridgehead atoms. The minimum Gasteiger partial charge on any atom is -0.460 e. The van der Waals surface area contributed by atoms with Crippen molar-refractivity contribution < 1.29 is 48.0 Å². The summed E-state index contributed by atoms with van der Waals surface area (Å²) in [5, 5.41) is 15.1. The Labute approximate surface area is 332 Å². The van der Waals surface area contributed by atoms with Crippen molar-refractivity contribution in [2.75, 3.05) is 6.61 Å². The van der Waals surface area contributed by atoms with Crippen LogP contribution in [0.2, 0.25) is 0 Å². The van der Waals surface area contributed by atoms with Gasteiger partial charge in [-0.2, -0.15) is 5.06 Å². The number of carbonyl (C=O) groups is 3. The van der Waals surface area contributed by atoms with Crippen molar-refractivity contribution in [1.82, 2.24) is 10.4 Å². The average molecular weight is 781 g/mol. The predicted molar refractivity (Wildman–Crippen MR) is 207 cm³/mol. The number of hydrogen-bond donors (Lipinski definition) is 2. The minimum absolute atomic E-state index is 0.00896. The summed E-state index contributed by atoms with van der Waals surface area (Å²) >= 11 is 0. The Kier molecular flexibility index (Phi) is 12.7. The second-order valence-electron chi connectivity index (χ2n) is 18.0. The summed E-state index contributed by atoms with van der Waals surface area (Å²) in [7, 11) is 0. The van der Waals surface area contributed by atoms with Crippen LogP contribution < -0.4 is 5.32 Å². The number of allylic oxidation sites excluding steroid dienone is 1. The van der Waals surface area contributed by atoms with Gasteiger partial charge in [0.1, 0.15) is 35.4 Å². The van der Waals surface area contributed by atoms with Crippen LogP contribution in [0.3, 0.4) is 0 Å². The van der Waals surface area contributed by atoms with E-state index in [0.29, 0.717) is 31.0 Å². The lowest BCUT2D eigenvalue weighted by atomic mass is 9.62. The third-order valence-corrected chi connectivity index (χ3v) is 12.6. The smallest absolute Gasteiger partial charge is 0.327 e. The highest BCUT2D eigenvalue weighted by atomic mass is 16.8. The van der Waals surface area contributed by atoms with Crippen LogP contribution in [-0.4, -0.2) is 94.7 Å². The van der Waals surface area contributed by atoms with E-state index < -0.39 is 77.8 Å². The van der Waals surface area contributed by atoms with Crippen LogP contribution >= 0.6 is 0 Å². The predicted octanol–water partition coefficient (Wildman–Crippen LogP) is 6.31. The lowest BCUT2D eigenvalue weighted by Crippen LogP contribution is -2.70. The Morgan fingerprint density at radius 3 is 2.45 bits per heavy atom.